The summed E-state index contributed by atoms with van der Waals surface area (Å²) in [6, 6.07) is 13.5. The number of esters is 1. The molecule has 0 bridgehead atoms. The van der Waals surface area contributed by atoms with Crippen molar-refractivity contribution in [2.75, 3.05) is 6.61 Å². The van der Waals surface area contributed by atoms with Gasteiger partial charge in [-0.1, -0.05) is 67.3 Å². The van der Waals surface area contributed by atoms with E-state index in [0.717, 1.165) is 22.3 Å². The largest absolute Gasteiger partial charge is 0.480 e. The van der Waals surface area contributed by atoms with Gasteiger partial charge in [0.25, 0.3) is 5.91 Å². The Kier molecular flexibility index (Phi) is 18.2. The number of Topliss-reactive ketones (excluding diaryl/α,β-unsaturated/α-hetero) is 1. The number of unbranched alkanes of at least 4 members (excludes halogenated alkanes) is 2. The molecule has 2 aromatic rings. The standard InChI is InChI=1S/C47H42N2O8.15H2/c1-5-6-7-8-9-10-11-12-13-14-15-16-20-31-43(51)48-42(45(54)57-47(2,3)4)33-32-35(50)25-18-17-19-30-41(44(52)53)49-46(55)56-34-40-38-28-23-21-26-36(38)37-27-22-24-29-39(37)40;;;;;;;;;;;;;;;/h21-24,26-29,40-42H,17-19,25,30,32-34H2,1-4H3,(H,48,51)(H,49,55)(H,52,53);15*1H/t41-,42-;;;;;;;;;;;;;;;/m0.............../s1. The fourth-order valence-electron chi connectivity index (χ4n) is 5.60. The minimum atomic E-state index is -1.19. The number of aliphatic carboxylic acids is 1. The number of hydrogen-bond acceptors (Lipinski definition) is 7. The Balaban J connectivity index is -0.000000211. The fourth-order valence-corrected chi connectivity index (χ4v) is 5.60. The number of benzene rings is 2. The van der Waals surface area contributed by atoms with E-state index in [1.54, 1.807) is 27.7 Å². The molecule has 10 nitrogen and oxygen atoms in total. The van der Waals surface area contributed by atoms with Crippen molar-refractivity contribution in [2.24, 2.45) is 0 Å². The molecule has 0 fully saturated rings. The van der Waals surface area contributed by atoms with Crippen molar-refractivity contribution < 1.29 is 60.0 Å². The number of carbonyl (C=O) groups is 5. The van der Waals surface area contributed by atoms with Gasteiger partial charge in [0.15, 0.2) is 0 Å². The Morgan fingerprint density at radius 1 is 0.702 bits per heavy atom. The van der Waals surface area contributed by atoms with Gasteiger partial charge in [0.2, 0.25) is 0 Å². The van der Waals surface area contributed by atoms with E-state index in [-0.39, 0.29) is 65.4 Å². The van der Waals surface area contributed by atoms with Crippen LogP contribution in [0.15, 0.2) is 48.5 Å². The van der Waals surface area contributed by atoms with Gasteiger partial charge in [0.05, 0.1) is 0 Å². The number of carboxylic acid groups (broad SMARTS) is 1. The molecule has 0 aliphatic heterocycles. The lowest BCUT2D eigenvalue weighted by atomic mass is 9.98. The van der Waals surface area contributed by atoms with E-state index in [1.807, 2.05) is 48.5 Å². The topological polar surface area (TPSA) is 148 Å². The first kappa shape index (κ1) is 44.1. The van der Waals surface area contributed by atoms with Crippen LogP contribution in [0.1, 0.15) is 111 Å². The molecule has 1 aliphatic rings. The summed E-state index contributed by atoms with van der Waals surface area (Å²) < 4.78 is 10.9. The maximum absolute atomic E-state index is 12.8. The second-order valence-electron chi connectivity index (χ2n) is 13.5. The minimum Gasteiger partial charge on any atom is -0.480 e. The lowest BCUT2D eigenvalue weighted by Crippen LogP contribution is -2.44. The number of rotatable bonds is 15. The van der Waals surface area contributed by atoms with Crippen molar-refractivity contribution in [3.8, 4) is 94.0 Å². The zero-order chi connectivity index (χ0) is 41.5. The third kappa shape index (κ3) is 16.3. The lowest BCUT2D eigenvalue weighted by molar-refractivity contribution is -0.158. The van der Waals surface area contributed by atoms with Gasteiger partial charge in [-0.2, -0.15) is 0 Å². The molecule has 0 radical (unpaired) electrons. The van der Waals surface area contributed by atoms with Crippen LogP contribution < -0.4 is 10.6 Å². The monoisotopic (exact) mass is 793 g/mol. The van der Waals surface area contributed by atoms with E-state index >= 15 is 0 Å². The summed E-state index contributed by atoms with van der Waals surface area (Å²) >= 11 is 0. The van der Waals surface area contributed by atoms with Gasteiger partial charge in [-0.3, -0.25) is 9.59 Å². The average molecular weight is 793 g/mol. The molecule has 3 N–H and O–H groups in total. The number of nitrogens with one attached hydrogen (secondary N) is 2. The number of ketones is 1. The maximum atomic E-state index is 12.8. The Morgan fingerprint density at radius 2 is 1.25 bits per heavy atom. The van der Waals surface area contributed by atoms with E-state index in [1.165, 1.54) is 0 Å². The molecule has 0 aromatic heterocycles. The summed E-state index contributed by atoms with van der Waals surface area (Å²) in [7, 11) is 0. The molecule has 0 saturated heterocycles. The van der Waals surface area contributed by atoms with Crippen molar-refractivity contribution in [3.63, 3.8) is 0 Å². The van der Waals surface area contributed by atoms with Gasteiger partial charge in [-0.05, 0) is 140 Å². The number of fused-ring (bicyclic) bond motifs is 3. The van der Waals surface area contributed by atoms with Crippen LogP contribution in [0.25, 0.3) is 11.1 Å². The molecule has 2 amide bonds. The highest BCUT2D eigenvalue weighted by atomic mass is 16.6. The molecule has 2 atom stereocenters. The van der Waals surface area contributed by atoms with E-state index in [4.69, 9.17) is 9.47 Å². The summed E-state index contributed by atoms with van der Waals surface area (Å²) in [5.41, 5.74) is 3.43. The zero-order valence-electron chi connectivity index (χ0n) is 32.3. The third-order valence-electron chi connectivity index (χ3n) is 8.08. The molecular weight excluding hydrogens is 721 g/mol. The molecular formula is C47H72N2O8. The number of ether oxygens (including phenoxy) is 2. The van der Waals surface area contributed by atoms with E-state index in [9.17, 15) is 29.1 Å². The summed E-state index contributed by atoms with van der Waals surface area (Å²) in [4.78, 5) is 62.6. The summed E-state index contributed by atoms with van der Waals surface area (Å²) in [5, 5.41) is 14.7. The molecule has 2 aromatic carbocycles. The molecule has 0 unspecified atom stereocenters. The van der Waals surface area contributed by atoms with Crippen LogP contribution in [0.3, 0.4) is 0 Å². The second kappa shape index (κ2) is 23.5. The lowest BCUT2D eigenvalue weighted by Gasteiger charge is -2.24. The zero-order valence-corrected chi connectivity index (χ0v) is 32.3. The highest BCUT2D eigenvalue weighted by Gasteiger charge is 2.30. The third-order valence-corrected chi connectivity index (χ3v) is 8.08. The Bertz CT molecular complexity index is 2300. The quantitative estimate of drug-likeness (QED) is 0.0921. The van der Waals surface area contributed by atoms with E-state index in [2.05, 4.69) is 93.5 Å². The molecule has 10 heteroatoms. The van der Waals surface area contributed by atoms with Crippen LogP contribution in [0.5, 0.6) is 0 Å². The fraction of sp³-hybridized carbons (Fsp3) is 0.340. The number of carbonyl (C=O) groups excluding carboxylic acids is 4. The summed E-state index contributed by atoms with van der Waals surface area (Å²) in [5.74, 6) is 31.4. The first-order valence-electron chi connectivity index (χ1n) is 18.2. The SMILES string of the molecule is CC#CC#CC#CC#CC#CC#CC#CC(=O)N[C@@H](CCC(=O)CCCCC[C@H](NC(=O)OCC1c2ccccc2-c2ccccc21)C(=O)O)C(=O)OC(C)(C)C.[HH].[HH].[HH].[HH].[HH].[HH].[HH].[HH].[HH].[HH].[HH].[HH].[HH].[HH].[HH]. The van der Waals surface area contributed by atoms with Crippen LogP contribution in [0.2, 0.25) is 0 Å². The van der Waals surface area contributed by atoms with Crippen LogP contribution >= 0.6 is 0 Å². The predicted molar refractivity (Wildman–Crippen MR) is 247 cm³/mol. The molecule has 3 rings (SSSR count). The van der Waals surface area contributed by atoms with Crippen molar-refractivity contribution in [3.05, 3.63) is 59.7 Å². The molecule has 0 spiro atoms. The highest BCUT2D eigenvalue weighted by molar-refractivity contribution is 5.97. The number of alkyl carbamates (subject to hydrolysis) is 1. The smallest absolute Gasteiger partial charge is 0.407 e. The van der Waals surface area contributed by atoms with Crippen molar-refractivity contribution in [1.29, 1.82) is 0 Å². The normalized spacial score (nSPS) is 11.3. The van der Waals surface area contributed by atoms with Gasteiger partial charge in [0, 0.05) is 46.1 Å². The van der Waals surface area contributed by atoms with Gasteiger partial charge in [0.1, 0.15) is 30.1 Å². The molecule has 57 heavy (non-hydrogen) atoms. The van der Waals surface area contributed by atoms with E-state index < -0.39 is 41.6 Å². The predicted octanol–water partition coefficient (Wildman–Crippen LogP) is 8.84. The van der Waals surface area contributed by atoms with Crippen molar-refractivity contribution >= 4 is 29.7 Å². The van der Waals surface area contributed by atoms with Crippen molar-refractivity contribution in [2.45, 2.75) is 96.2 Å². The summed E-state index contributed by atoms with van der Waals surface area (Å²) in [6.07, 6.45) is 0.918. The van der Waals surface area contributed by atoms with Crippen LogP contribution in [-0.2, 0) is 28.7 Å². The van der Waals surface area contributed by atoms with Gasteiger partial charge >= 0.3 is 18.0 Å². The van der Waals surface area contributed by atoms with Gasteiger partial charge in [-0.15, -0.1) is 0 Å². The maximum Gasteiger partial charge on any atom is 0.407 e. The number of hydrogen-bond donors (Lipinski definition) is 3. The highest BCUT2D eigenvalue weighted by Crippen LogP contribution is 2.44. The van der Waals surface area contributed by atoms with Gasteiger partial charge in [-0.25, -0.2) is 14.4 Å². The first-order valence-corrected chi connectivity index (χ1v) is 18.2. The Morgan fingerprint density at radius 3 is 1.79 bits per heavy atom. The molecule has 0 heterocycles. The Hall–Kier alpha value is -7.29. The molecule has 0 saturated carbocycles. The van der Waals surface area contributed by atoms with E-state index in [0.29, 0.717) is 19.3 Å². The molecule has 318 valence electrons. The minimum absolute atomic E-state index is 0. The van der Waals surface area contributed by atoms with Crippen LogP contribution in [0.4, 0.5) is 4.79 Å². The van der Waals surface area contributed by atoms with Crippen LogP contribution in [0, 0.1) is 82.9 Å². The number of carboxylic acids is 1. The first-order chi connectivity index (χ1) is 27.4. The second-order valence-corrected chi connectivity index (χ2v) is 13.5. The average Bonchev–Trinajstić information content (AvgIpc) is 3.49. The van der Waals surface area contributed by atoms with Crippen LogP contribution in [-0.4, -0.2) is 59.1 Å². The summed E-state index contributed by atoms with van der Waals surface area (Å²) in [6.45, 7) is 6.77. The Labute approximate surface area is 356 Å². The molecule has 1 aliphatic carbocycles. The van der Waals surface area contributed by atoms with Crippen molar-refractivity contribution in [1.82, 2.24) is 10.6 Å². The van der Waals surface area contributed by atoms with Gasteiger partial charge < -0.3 is 25.2 Å². The number of amides is 2.